The molecule has 0 fully saturated rings. The third-order valence-electron chi connectivity index (χ3n) is 2.95. The first-order valence-electron chi connectivity index (χ1n) is 6.66. The summed E-state index contributed by atoms with van der Waals surface area (Å²) in [6, 6.07) is 3.62. The molecule has 0 bridgehead atoms. The summed E-state index contributed by atoms with van der Waals surface area (Å²) in [7, 11) is 1.63. The Morgan fingerprint density at radius 1 is 1.40 bits per heavy atom. The number of hydrogen-bond acceptors (Lipinski definition) is 4. The van der Waals surface area contributed by atoms with Crippen LogP contribution in [0.4, 0.5) is 0 Å². The Labute approximate surface area is 123 Å². The van der Waals surface area contributed by atoms with E-state index in [-0.39, 0.29) is 31.0 Å². The highest BCUT2D eigenvalue weighted by Crippen LogP contribution is 2.11. The summed E-state index contributed by atoms with van der Waals surface area (Å²) in [5, 5.41) is 10.7. The van der Waals surface area contributed by atoms with E-state index in [9.17, 15) is 9.59 Å². The number of amides is 2. The predicted octanol–water partition coefficient (Wildman–Crippen LogP) is 1.44. The molecule has 0 saturated heterocycles. The van der Waals surface area contributed by atoms with Crippen LogP contribution in [0.2, 0.25) is 0 Å². The molecule has 6 heteroatoms. The van der Waals surface area contributed by atoms with Gasteiger partial charge in [0.1, 0.15) is 0 Å². The van der Waals surface area contributed by atoms with Crippen molar-refractivity contribution >= 4 is 23.2 Å². The Balaban J connectivity index is 2.60. The monoisotopic (exact) mass is 298 g/mol. The zero-order chi connectivity index (χ0) is 15.1. The molecule has 0 radical (unpaired) electrons. The van der Waals surface area contributed by atoms with Gasteiger partial charge in [0, 0.05) is 26.2 Å². The Morgan fingerprint density at radius 2 is 2.10 bits per heavy atom. The minimum absolute atomic E-state index is 0.0549. The van der Waals surface area contributed by atoms with Crippen LogP contribution < -0.4 is 0 Å². The number of likely N-dealkylation sites (N-methyl/N-ethyl adjacent to an activating group) is 1. The third kappa shape index (κ3) is 4.61. The summed E-state index contributed by atoms with van der Waals surface area (Å²) in [5.41, 5.74) is 0. The van der Waals surface area contributed by atoms with Crippen LogP contribution in [0.15, 0.2) is 17.5 Å². The van der Waals surface area contributed by atoms with Gasteiger partial charge in [-0.15, -0.1) is 11.3 Å². The van der Waals surface area contributed by atoms with E-state index in [2.05, 4.69) is 0 Å². The minimum atomic E-state index is -0.140. The minimum Gasteiger partial charge on any atom is -0.396 e. The first-order valence-corrected chi connectivity index (χ1v) is 7.54. The fourth-order valence-corrected chi connectivity index (χ4v) is 2.58. The van der Waals surface area contributed by atoms with Crippen molar-refractivity contribution in [2.75, 3.05) is 26.7 Å². The van der Waals surface area contributed by atoms with Gasteiger partial charge < -0.3 is 14.9 Å². The molecule has 0 aliphatic carbocycles. The molecule has 2 amide bonds. The van der Waals surface area contributed by atoms with Crippen LogP contribution in [0.3, 0.4) is 0 Å². The fraction of sp³-hybridized carbons (Fsp3) is 0.571. The van der Waals surface area contributed by atoms with Crippen LogP contribution in [-0.4, -0.2) is 59.5 Å². The van der Waals surface area contributed by atoms with E-state index in [0.717, 1.165) is 0 Å². The molecule has 1 aromatic rings. The largest absolute Gasteiger partial charge is 0.396 e. The highest BCUT2D eigenvalue weighted by Gasteiger charge is 2.21. The number of rotatable bonds is 7. The predicted molar refractivity (Wildman–Crippen MR) is 79.8 cm³/mol. The molecular weight excluding hydrogens is 276 g/mol. The van der Waals surface area contributed by atoms with Gasteiger partial charge in [-0.2, -0.15) is 0 Å². The lowest BCUT2D eigenvalue weighted by atomic mass is 10.2. The van der Waals surface area contributed by atoms with Gasteiger partial charge in [-0.3, -0.25) is 9.59 Å². The van der Waals surface area contributed by atoms with Crippen molar-refractivity contribution in [2.24, 2.45) is 0 Å². The van der Waals surface area contributed by atoms with Crippen LogP contribution >= 0.6 is 11.3 Å². The van der Waals surface area contributed by atoms with Crippen LogP contribution in [0.5, 0.6) is 0 Å². The highest BCUT2D eigenvalue weighted by atomic mass is 32.1. The molecule has 0 atom stereocenters. The molecule has 0 aromatic carbocycles. The van der Waals surface area contributed by atoms with Crippen LogP contribution in [0.1, 0.15) is 29.9 Å². The molecule has 112 valence electrons. The van der Waals surface area contributed by atoms with Crippen molar-refractivity contribution < 1.29 is 14.7 Å². The van der Waals surface area contributed by atoms with Crippen molar-refractivity contribution in [1.29, 1.82) is 0 Å². The van der Waals surface area contributed by atoms with Crippen molar-refractivity contribution in [1.82, 2.24) is 9.80 Å². The SMILES string of the molecule is CC(C)N(CCCO)C(=O)CN(C)C(=O)c1cccs1. The number of carbonyl (C=O) groups excluding carboxylic acids is 2. The first kappa shape index (κ1) is 16.7. The third-order valence-corrected chi connectivity index (χ3v) is 3.81. The van der Waals surface area contributed by atoms with Crippen molar-refractivity contribution in [3.63, 3.8) is 0 Å². The number of thiophene rings is 1. The van der Waals surface area contributed by atoms with Crippen molar-refractivity contribution in [3.05, 3.63) is 22.4 Å². The standard InChI is InChI=1S/C14H22N2O3S/c1-11(2)16(7-5-8-17)13(18)10-15(3)14(19)12-6-4-9-20-12/h4,6,9,11,17H,5,7-8,10H2,1-3H3. The quantitative estimate of drug-likeness (QED) is 0.828. The molecule has 0 spiro atoms. The molecular formula is C14H22N2O3S. The van der Waals surface area contributed by atoms with E-state index in [0.29, 0.717) is 17.8 Å². The van der Waals surface area contributed by atoms with Gasteiger partial charge in [0.2, 0.25) is 5.91 Å². The molecule has 1 heterocycles. The maximum absolute atomic E-state index is 12.2. The normalized spacial score (nSPS) is 10.7. The van der Waals surface area contributed by atoms with Crippen molar-refractivity contribution in [2.45, 2.75) is 26.3 Å². The Hall–Kier alpha value is -1.40. The number of hydrogen-bond donors (Lipinski definition) is 1. The fourth-order valence-electron chi connectivity index (χ4n) is 1.87. The maximum atomic E-state index is 12.2. The number of carbonyl (C=O) groups is 2. The highest BCUT2D eigenvalue weighted by molar-refractivity contribution is 7.12. The lowest BCUT2D eigenvalue weighted by molar-refractivity contribution is -0.133. The van der Waals surface area contributed by atoms with E-state index < -0.39 is 0 Å². The average Bonchev–Trinajstić information content (AvgIpc) is 2.91. The molecule has 5 nitrogen and oxygen atoms in total. The Bertz CT molecular complexity index is 432. The second-order valence-corrected chi connectivity index (χ2v) is 5.84. The summed E-state index contributed by atoms with van der Waals surface area (Å²) in [6.45, 7) is 4.47. The van der Waals surface area contributed by atoms with Crippen molar-refractivity contribution in [3.8, 4) is 0 Å². The summed E-state index contributed by atoms with van der Waals surface area (Å²) in [6.07, 6.45) is 0.548. The molecule has 0 unspecified atom stereocenters. The molecule has 0 saturated carbocycles. The van der Waals surface area contributed by atoms with Crippen LogP contribution in [0, 0.1) is 0 Å². The summed E-state index contributed by atoms with van der Waals surface area (Å²) in [4.78, 5) is 28.1. The average molecular weight is 298 g/mol. The molecule has 1 aromatic heterocycles. The van der Waals surface area contributed by atoms with Gasteiger partial charge >= 0.3 is 0 Å². The summed E-state index contributed by atoms with van der Waals surface area (Å²) < 4.78 is 0. The summed E-state index contributed by atoms with van der Waals surface area (Å²) in [5.74, 6) is -0.236. The number of nitrogens with zero attached hydrogens (tertiary/aromatic N) is 2. The van der Waals surface area contributed by atoms with E-state index in [1.54, 1.807) is 18.0 Å². The summed E-state index contributed by atoms with van der Waals surface area (Å²) >= 11 is 1.37. The molecule has 0 aliphatic rings. The molecule has 1 N–H and O–H groups in total. The zero-order valence-electron chi connectivity index (χ0n) is 12.2. The van der Waals surface area contributed by atoms with E-state index in [1.165, 1.54) is 16.2 Å². The van der Waals surface area contributed by atoms with Gasteiger partial charge in [0.25, 0.3) is 5.91 Å². The van der Waals surface area contributed by atoms with Crippen LogP contribution in [-0.2, 0) is 4.79 Å². The lowest BCUT2D eigenvalue weighted by Gasteiger charge is -2.28. The second-order valence-electron chi connectivity index (χ2n) is 4.90. The van der Waals surface area contributed by atoms with Gasteiger partial charge in [-0.1, -0.05) is 6.07 Å². The van der Waals surface area contributed by atoms with Gasteiger partial charge in [0.15, 0.2) is 0 Å². The topological polar surface area (TPSA) is 60.9 Å². The molecule has 1 rings (SSSR count). The maximum Gasteiger partial charge on any atom is 0.264 e. The van der Waals surface area contributed by atoms with E-state index in [4.69, 9.17) is 5.11 Å². The lowest BCUT2D eigenvalue weighted by Crippen LogP contribution is -2.44. The van der Waals surface area contributed by atoms with Gasteiger partial charge in [0.05, 0.1) is 11.4 Å². The molecule has 20 heavy (non-hydrogen) atoms. The van der Waals surface area contributed by atoms with Gasteiger partial charge in [-0.25, -0.2) is 0 Å². The zero-order valence-corrected chi connectivity index (χ0v) is 13.0. The Kier molecular flexibility index (Phi) is 6.67. The number of aliphatic hydroxyl groups is 1. The van der Waals surface area contributed by atoms with E-state index >= 15 is 0 Å². The first-order chi connectivity index (χ1) is 9.47. The Morgan fingerprint density at radius 3 is 2.60 bits per heavy atom. The molecule has 0 aliphatic heterocycles. The van der Waals surface area contributed by atoms with Crippen LogP contribution in [0.25, 0.3) is 0 Å². The smallest absolute Gasteiger partial charge is 0.264 e. The van der Waals surface area contributed by atoms with E-state index in [1.807, 2.05) is 25.3 Å². The number of aliphatic hydroxyl groups excluding tert-OH is 1. The van der Waals surface area contributed by atoms with Gasteiger partial charge in [-0.05, 0) is 31.7 Å². The second kappa shape index (κ2) is 8.01.